The van der Waals surface area contributed by atoms with Gasteiger partial charge >= 0.3 is 5.97 Å². The number of esters is 1. The van der Waals surface area contributed by atoms with E-state index in [4.69, 9.17) is 4.74 Å². The van der Waals surface area contributed by atoms with Crippen molar-refractivity contribution in [2.45, 2.75) is 71.8 Å². The number of aliphatic hydroxyl groups is 1. The third-order valence-corrected chi connectivity index (χ3v) is 3.02. The largest absolute Gasteiger partial charge is 0.463 e. The van der Waals surface area contributed by atoms with Gasteiger partial charge in [0, 0.05) is 6.42 Å². The Morgan fingerprint density at radius 2 is 1.81 bits per heavy atom. The summed E-state index contributed by atoms with van der Waals surface area (Å²) in [7, 11) is 0. The van der Waals surface area contributed by atoms with Gasteiger partial charge in [0.1, 0.15) is 6.61 Å². The fourth-order valence-corrected chi connectivity index (χ4v) is 1.92. The Kier molecular flexibility index (Phi) is 13.2. The van der Waals surface area contributed by atoms with Crippen LogP contribution >= 0.6 is 0 Å². The zero-order chi connectivity index (χ0) is 15.9. The number of hydrogen-bond acceptors (Lipinski definition) is 3. The Morgan fingerprint density at radius 3 is 2.43 bits per heavy atom. The van der Waals surface area contributed by atoms with E-state index in [0.717, 1.165) is 25.7 Å². The van der Waals surface area contributed by atoms with E-state index in [9.17, 15) is 9.90 Å². The van der Waals surface area contributed by atoms with E-state index in [1.54, 1.807) is 0 Å². The van der Waals surface area contributed by atoms with Crippen molar-refractivity contribution in [1.82, 2.24) is 0 Å². The molecule has 0 aromatic heterocycles. The van der Waals surface area contributed by atoms with E-state index in [2.05, 4.69) is 31.2 Å². The van der Waals surface area contributed by atoms with E-state index in [0.29, 0.717) is 18.8 Å². The number of carbonyl (C=O) groups excluding carboxylic acids is 1. The van der Waals surface area contributed by atoms with Crippen LogP contribution in [0, 0.1) is 5.92 Å². The molecule has 0 rings (SSSR count). The molecule has 0 aliphatic carbocycles. The molecule has 0 aromatic rings. The summed E-state index contributed by atoms with van der Waals surface area (Å²) in [5.74, 6) is 0.210. The van der Waals surface area contributed by atoms with Crippen molar-refractivity contribution in [1.29, 1.82) is 0 Å². The van der Waals surface area contributed by atoms with Crippen LogP contribution in [0.5, 0.6) is 0 Å². The molecular weight excluding hydrogens is 264 g/mol. The van der Waals surface area contributed by atoms with E-state index in [-0.39, 0.29) is 12.6 Å². The van der Waals surface area contributed by atoms with Crippen LogP contribution in [0.15, 0.2) is 24.3 Å². The SMILES string of the molecule is CCC/C=C\C=C/CCCCC(=O)OCC(O)CC(C)C. The molecule has 21 heavy (non-hydrogen) atoms. The number of allylic oxidation sites excluding steroid dienone is 4. The maximum atomic E-state index is 11.5. The molecule has 0 heterocycles. The van der Waals surface area contributed by atoms with Gasteiger partial charge in [0.05, 0.1) is 6.10 Å². The Morgan fingerprint density at radius 1 is 1.14 bits per heavy atom. The van der Waals surface area contributed by atoms with Crippen LogP contribution in [0.1, 0.15) is 65.7 Å². The van der Waals surface area contributed by atoms with Crippen LogP contribution in [0.3, 0.4) is 0 Å². The van der Waals surface area contributed by atoms with E-state index in [1.807, 2.05) is 13.8 Å². The molecule has 0 radical (unpaired) electrons. The lowest BCUT2D eigenvalue weighted by Gasteiger charge is -2.13. The van der Waals surface area contributed by atoms with E-state index in [1.165, 1.54) is 6.42 Å². The minimum Gasteiger partial charge on any atom is -0.463 e. The molecular formula is C18H32O3. The zero-order valence-corrected chi connectivity index (χ0v) is 13.9. The lowest BCUT2D eigenvalue weighted by molar-refractivity contribution is -0.147. The van der Waals surface area contributed by atoms with Crippen molar-refractivity contribution in [3.63, 3.8) is 0 Å². The minimum atomic E-state index is -0.535. The number of aliphatic hydroxyl groups excluding tert-OH is 1. The van der Waals surface area contributed by atoms with Gasteiger partial charge in [-0.15, -0.1) is 0 Å². The van der Waals surface area contributed by atoms with Gasteiger partial charge in [-0.3, -0.25) is 4.79 Å². The monoisotopic (exact) mass is 296 g/mol. The average molecular weight is 296 g/mol. The molecule has 0 aliphatic heterocycles. The Hall–Kier alpha value is -1.09. The second-order valence-corrected chi connectivity index (χ2v) is 5.86. The molecule has 0 aliphatic rings. The third kappa shape index (κ3) is 15.1. The van der Waals surface area contributed by atoms with Gasteiger partial charge < -0.3 is 9.84 Å². The Labute approximate surface area is 130 Å². The summed E-state index contributed by atoms with van der Waals surface area (Å²) in [6.45, 7) is 6.36. The molecule has 0 saturated heterocycles. The highest BCUT2D eigenvalue weighted by molar-refractivity contribution is 5.69. The molecule has 0 aromatic carbocycles. The fraction of sp³-hybridized carbons (Fsp3) is 0.722. The highest BCUT2D eigenvalue weighted by Gasteiger charge is 2.10. The van der Waals surface area contributed by atoms with Crippen LogP contribution in [0.4, 0.5) is 0 Å². The number of unbranched alkanes of at least 4 members (excludes halogenated alkanes) is 3. The summed E-state index contributed by atoms with van der Waals surface area (Å²) in [6.07, 6.45) is 14.1. The van der Waals surface area contributed by atoms with E-state index >= 15 is 0 Å². The van der Waals surface area contributed by atoms with Crippen molar-refractivity contribution in [3.8, 4) is 0 Å². The molecule has 122 valence electrons. The third-order valence-electron chi connectivity index (χ3n) is 3.02. The molecule has 0 saturated carbocycles. The highest BCUT2D eigenvalue weighted by atomic mass is 16.5. The first-order valence-electron chi connectivity index (χ1n) is 8.21. The summed E-state index contributed by atoms with van der Waals surface area (Å²) in [4.78, 5) is 11.5. The number of hydrogen-bond donors (Lipinski definition) is 1. The molecule has 0 spiro atoms. The van der Waals surface area contributed by atoms with Crippen molar-refractivity contribution in [3.05, 3.63) is 24.3 Å². The summed E-state index contributed by atoms with van der Waals surface area (Å²) in [5.41, 5.74) is 0. The molecule has 0 bridgehead atoms. The molecule has 1 atom stereocenters. The second-order valence-electron chi connectivity index (χ2n) is 5.86. The van der Waals surface area contributed by atoms with Crippen LogP contribution in [-0.2, 0) is 9.53 Å². The molecule has 0 fully saturated rings. The molecule has 1 unspecified atom stereocenters. The second kappa shape index (κ2) is 13.9. The molecule has 0 amide bonds. The van der Waals surface area contributed by atoms with Gasteiger partial charge in [-0.1, -0.05) is 51.5 Å². The summed E-state index contributed by atoms with van der Waals surface area (Å²) in [5, 5.41) is 9.61. The fourth-order valence-electron chi connectivity index (χ4n) is 1.92. The molecule has 3 nitrogen and oxygen atoms in total. The van der Waals surface area contributed by atoms with Gasteiger partial charge in [-0.2, -0.15) is 0 Å². The number of carbonyl (C=O) groups is 1. The minimum absolute atomic E-state index is 0.124. The molecule has 1 N–H and O–H groups in total. The predicted molar refractivity (Wildman–Crippen MR) is 88.1 cm³/mol. The molecule has 3 heteroatoms. The summed E-state index contributed by atoms with van der Waals surface area (Å²) in [6, 6.07) is 0. The van der Waals surface area contributed by atoms with Crippen molar-refractivity contribution < 1.29 is 14.6 Å². The quantitative estimate of drug-likeness (QED) is 0.330. The predicted octanol–water partition coefficient (Wildman–Crippen LogP) is 4.41. The average Bonchev–Trinajstić information content (AvgIpc) is 2.42. The number of ether oxygens (including phenoxy) is 1. The lowest BCUT2D eigenvalue weighted by Crippen LogP contribution is -2.20. The van der Waals surface area contributed by atoms with Crippen LogP contribution < -0.4 is 0 Å². The normalized spacial score (nSPS) is 13.4. The van der Waals surface area contributed by atoms with E-state index < -0.39 is 6.10 Å². The lowest BCUT2D eigenvalue weighted by atomic mass is 10.1. The first-order chi connectivity index (χ1) is 10.1. The smallest absolute Gasteiger partial charge is 0.305 e. The highest BCUT2D eigenvalue weighted by Crippen LogP contribution is 2.06. The number of rotatable bonds is 12. The standard InChI is InChI=1S/C18H32O3/c1-4-5-6-7-8-9-10-11-12-13-18(20)21-15-17(19)14-16(2)3/h6-9,16-17,19H,4-5,10-15H2,1-3H3/b7-6-,9-8-. The first-order valence-corrected chi connectivity index (χ1v) is 8.21. The van der Waals surface area contributed by atoms with Crippen molar-refractivity contribution in [2.24, 2.45) is 5.92 Å². The van der Waals surface area contributed by atoms with Crippen LogP contribution in [-0.4, -0.2) is 23.8 Å². The maximum Gasteiger partial charge on any atom is 0.305 e. The maximum absolute atomic E-state index is 11.5. The van der Waals surface area contributed by atoms with Crippen LogP contribution in [0.2, 0.25) is 0 Å². The van der Waals surface area contributed by atoms with Gasteiger partial charge in [-0.05, 0) is 38.0 Å². The Balaban J connectivity index is 3.49. The Bertz CT molecular complexity index is 306. The van der Waals surface area contributed by atoms with Gasteiger partial charge in [0.15, 0.2) is 0 Å². The summed E-state index contributed by atoms with van der Waals surface area (Å²) >= 11 is 0. The zero-order valence-electron chi connectivity index (χ0n) is 13.9. The topological polar surface area (TPSA) is 46.5 Å². The van der Waals surface area contributed by atoms with Crippen LogP contribution in [0.25, 0.3) is 0 Å². The van der Waals surface area contributed by atoms with Gasteiger partial charge in [0.2, 0.25) is 0 Å². The van der Waals surface area contributed by atoms with Crippen molar-refractivity contribution in [2.75, 3.05) is 6.61 Å². The van der Waals surface area contributed by atoms with Gasteiger partial charge in [-0.25, -0.2) is 0 Å². The summed E-state index contributed by atoms with van der Waals surface area (Å²) < 4.78 is 5.06. The van der Waals surface area contributed by atoms with Gasteiger partial charge in [0.25, 0.3) is 0 Å². The first kappa shape index (κ1) is 19.9. The van der Waals surface area contributed by atoms with Crippen molar-refractivity contribution >= 4 is 5.97 Å².